The summed E-state index contributed by atoms with van der Waals surface area (Å²) in [4.78, 5) is 24.3. The van der Waals surface area contributed by atoms with Gasteiger partial charge in [-0.3, -0.25) is 4.79 Å². The van der Waals surface area contributed by atoms with Crippen LogP contribution in [0, 0.1) is 0 Å². The van der Waals surface area contributed by atoms with E-state index in [-0.39, 0.29) is 12.2 Å². The Morgan fingerprint density at radius 1 is 1.62 bits per heavy atom. The normalized spacial score (nSPS) is 10.5. The first-order valence-electron chi connectivity index (χ1n) is 4.45. The van der Waals surface area contributed by atoms with Gasteiger partial charge in [0.1, 0.15) is 5.69 Å². The second-order valence-electron chi connectivity index (χ2n) is 2.90. The van der Waals surface area contributed by atoms with E-state index >= 15 is 0 Å². The van der Waals surface area contributed by atoms with Crippen molar-refractivity contribution in [3.8, 4) is 0 Å². The van der Waals surface area contributed by atoms with Gasteiger partial charge in [0.15, 0.2) is 0 Å². The van der Waals surface area contributed by atoms with Gasteiger partial charge in [0.05, 0.1) is 17.9 Å². The third-order valence-corrected chi connectivity index (χ3v) is 1.82. The molecule has 0 aliphatic heterocycles. The molecule has 0 aromatic carbocycles. The average Bonchev–Trinajstić information content (AvgIpc) is 2.21. The lowest BCUT2D eigenvalue weighted by atomic mass is 10.2. The molecule has 0 spiro atoms. The van der Waals surface area contributed by atoms with E-state index in [2.05, 4.69) is 4.74 Å². The number of esters is 1. The van der Waals surface area contributed by atoms with Crippen LogP contribution in [0.4, 0.5) is 14.5 Å². The zero-order valence-electron chi connectivity index (χ0n) is 8.42. The molecule has 0 amide bonds. The minimum atomic E-state index is -2.89. The zero-order valence-corrected chi connectivity index (χ0v) is 8.42. The number of pyridine rings is 1. The number of nitrogens with one attached hydrogen (secondary N) is 1. The van der Waals surface area contributed by atoms with Gasteiger partial charge in [0.2, 0.25) is 0 Å². The van der Waals surface area contributed by atoms with Crippen LogP contribution in [0.25, 0.3) is 0 Å². The van der Waals surface area contributed by atoms with Crippen LogP contribution in [0.2, 0.25) is 0 Å². The number of carbonyl (C=O) groups excluding carboxylic acids is 1. The summed E-state index contributed by atoms with van der Waals surface area (Å²) in [5.74, 6) is -0.895. The maximum absolute atomic E-state index is 12.3. The van der Waals surface area contributed by atoms with Gasteiger partial charge in [-0.05, 0) is 13.0 Å². The summed E-state index contributed by atoms with van der Waals surface area (Å²) in [6.07, 6.45) is -2.89. The topological polar surface area (TPSA) is 85.2 Å². The summed E-state index contributed by atoms with van der Waals surface area (Å²) >= 11 is 0. The molecule has 0 aliphatic carbocycles. The summed E-state index contributed by atoms with van der Waals surface area (Å²) in [6.45, 7) is 1.62. The van der Waals surface area contributed by atoms with Gasteiger partial charge in [0, 0.05) is 0 Å². The molecule has 0 fully saturated rings. The summed E-state index contributed by atoms with van der Waals surface area (Å²) in [5.41, 5.74) is 2.92. The quantitative estimate of drug-likeness (QED) is 0.763. The van der Waals surface area contributed by atoms with Crippen LogP contribution in [-0.2, 0) is 4.74 Å². The third kappa shape index (κ3) is 2.36. The fraction of sp³-hybridized carbons (Fsp3) is 0.333. The number of alkyl halides is 2. The number of nitrogens with two attached hydrogens (primary N) is 1. The fourth-order valence-corrected chi connectivity index (χ4v) is 1.09. The smallest absolute Gasteiger partial charge is 0.340 e. The lowest BCUT2D eigenvalue weighted by molar-refractivity contribution is 0.0526. The number of rotatable bonds is 3. The molecule has 0 atom stereocenters. The molecule has 88 valence electrons. The van der Waals surface area contributed by atoms with Crippen LogP contribution in [0.3, 0.4) is 0 Å². The van der Waals surface area contributed by atoms with E-state index in [9.17, 15) is 18.4 Å². The van der Waals surface area contributed by atoms with Crippen molar-refractivity contribution in [3.05, 3.63) is 27.7 Å². The fourth-order valence-electron chi connectivity index (χ4n) is 1.09. The maximum Gasteiger partial charge on any atom is 0.340 e. The van der Waals surface area contributed by atoms with Crippen molar-refractivity contribution in [1.29, 1.82) is 0 Å². The van der Waals surface area contributed by atoms with Gasteiger partial charge in [-0.1, -0.05) is 0 Å². The minimum absolute atomic E-state index is 0.0646. The van der Waals surface area contributed by atoms with E-state index in [0.29, 0.717) is 0 Å². The molecule has 0 unspecified atom stereocenters. The Morgan fingerprint density at radius 2 is 2.25 bits per heavy atom. The van der Waals surface area contributed by atoms with E-state index in [1.54, 1.807) is 6.92 Å². The maximum atomic E-state index is 12.3. The predicted molar refractivity (Wildman–Crippen MR) is 52.4 cm³/mol. The largest absolute Gasteiger partial charge is 0.462 e. The SMILES string of the molecule is CCOC(=O)c1cc(C(F)F)[nH]c(=O)c1N. The van der Waals surface area contributed by atoms with Gasteiger partial charge >= 0.3 is 5.97 Å². The molecule has 1 rings (SSSR count). The second kappa shape index (κ2) is 4.73. The third-order valence-electron chi connectivity index (χ3n) is 1.82. The number of nitrogen functional groups attached to an aromatic ring is 1. The first-order chi connectivity index (χ1) is 7.47. The number of hydrogen-bond acceptors (Lipinski definition) is 4. The van der Waals surface area contributed by atoms with Crippen molar-refractivity contribution >= 4 is 11.7 Å². The molecule has 16 heavy (non-hydrogen) atoms. The zero-order chi connectivity index (χ0) is 12.3. The Bertz CT molecular complexity index is 457. The Kier molecular flexibility index (Phi) is 3.60. The molecule has 7 heteroatoms. The summed E-state index contributed by atoms with van der Waals surface area (Å²) in [5, 5.41) is 0. The van der Waals surface area contributed by atoms with Crippen molar-refractivity contribution in [2.45, 2.75) is 13.3 Å². The first-order valence-corrected chi connectivity index (χ1v) is 4.45. The Labute approximate surface area is 89.2 Å². The standard InChI is InChI=1S/C9H10F2N2O3/c1-2-16-9(15)4-3-5(7(10)11)13-8(14)6(4)12/h3,7H,2,12H2,1H3,(H,13,14). The molecule has 0 bridgehead atoms. The van der Waals surface area contributed by atoms with E-state index < -0.39 is 29.3 Å². The lowest BCUT2D eigenvalue weighted by Crippen LogP contribution is -2.20. The molecule has 0 saturated heterocycles. The van der Waals surface area contributed by atoms with Crippen LogP contribution in [0.5, 0.6) is 0 Å². The Morgan fingerprint density at radius 3 is 2.75 bits per heavy atom. The molecule has 1 heterocycles. The highest BCUT2D eigenvalue weighted by atomic mass is 19.3. The number of carbonyl (C=O) groups is 1. The molecule has 5 nitrogen and oxygen atoms in total. The summed E-state index contributed by atoms with van der Waals surface area (Å²) in [6, 6.07) is 0.819. The Balaban J connectivity index is 3.27. The number of H-pyrrole nitrogens is 1. The number of anilines is 1. The van der Waals surface area contributed by atoms with Crippen LogP contribution in [0.1, 0.15) is 29.4 Å². The van der Waals surface area contributed by atoms with Crippen molar-refractivity contribution < 1.29 is 18.3 Å². The second-order valence-corrected chi connectivity index (χ2v) is 2.90. The van der Waals surface area contributed by atoms with Crippen LogP contribution < -0.4 is 11.3 Å². The Hall–Kier alpha value is -1.92. The monoisotopic (exact) mass is 232 g/mol. The van der Waals surface area contributed by atoms with E-state index in [4.69, 9.17) is 5.73 Å². The van der Waals surface area contributed by atoms with Gasteiger partial charge in [0.25, 0.3) is 12.0 Å². The number of aromatic nitrogens is 1. The van der Waals surface area contributed by atoms with Crippen molar-refractivity contribution in [2.75, 3.05) is 12.3 Å². The van der Waals surface area contributed by atoms with Crippen LogP contribution in [0.15, 0.2) is 10.9 Å². The molecule has 3 N–H and O–H groups in total. The molecule has 1 aromatic rings. The molecule has 0 radical (unpaired) electrons. The average molecular weight is 232 g/mol. The summed E-state index contributed by atoms with van der Waals surface area (Å²) < 4.78 is 29.3. The van der Waals surface area contributed by atoms with Gasteiger partial charge in [-0.15, -0.1) is 0 Å². The number of hydrogen-bond donors (Lipinski definition) is 2. The van der Waals surface area contributed by atoms with E-state index in [0.717, 1.165) is 6.07 Å². The number of halogens is 2. The van der Waals surface area contributed by atoms with E-state index in [1.807, 2.05) is 4.98 Å². The molecular formula is C9H10F2N2O3. The van der Waals surface area contributed by atoms with Gasteiger partial charge in [-0.2, -0.15) is 0 Å². The number of aromatic amines is 1. The first kappa shape index (κ1) is 12.2. The molecule has 0 aliphatic rings. The van der Waals surface area contributed by atoms with Crippen LogP contribution in [-0.4, -0.2) is 17.6 Å². The molecule has 0 saturated carbocycles. The summed E-state index contributed by atoms with van der Waals surface area (Å²) in [7, 11) is 0. The minimum Gasteiger partial charge on any atom is -0.462 e. The highest BCUT2D eigenvalue weighted by molar-refractivity contribution is 5.94. The predicted octanol–water partition coefficient (Wildman–Crippen LogP) is 1.07. The van der Waals surface area contributed by atoms with Crippen molar-refractivity contribution in [1.82, 2.24) is 4.98 Å². The highest BCUT2D eigenvalue weighted by Gasteiger charge is 2.18. The molecule has 1 aromatic heterocycles. The molecular weight excluding hydrogens is 222 g/mol. The van der Waals surface area contributed by atoms with Crippen molar-refractivity contribution in [3.63, 3.8) is 0 Å². The number of ether oxygens (including phenoxy) is 1. The van der Waals surface area contributed by atoms with Crippen molar-refractivity contribution in [2.24, 2.45) is 0 Å². The van der Waals surface area contributed by atoms with Gasteiger partial charge in [-0.25, -0.2) is 13.6 Å². The van der Waals surface area contributed by atoms with Crippen LogP contribution >= 0.6 is 0 Å². The van der Waals surface area contributed by atoms with Gasteiger partial charge < -0.3 is 15.5 Å². The highest BCUT2D eigenvalue weighted by Crippen LogP contribution is 2.18. The van der Waals surface area contributed by atoms with E-state index in [1.165, 1.54) is 0 Å². The lowest BCUT2D eigenvalue weighted by Gasteiger charge is -2.06.